The van der Waals surface area contributed by atoms with Gasteiger partial charge in [-0.25, -0.2) is 4.79 Å². The predicted molar refractivity (Wildman–Crippen MR) is 91.8 cm³/mol. The quantitative estimate of drug-likeness (QED) is 0.802. The molecule has 0 radical (unpaired) electrons. The number of hydrogen-bond acceptors (Lipinski definition) is 5. The maximum absolute atomic E-state index is 12.5. The molecule has 1 aliphatic carbocycles. The van der Waals surface area contributed by atoms with Gasteiger partial charge in [0.15, 0.2) is 17.3 Å². The highest BCUT2D eigenvalue weighted by Crippen LogP contribution is 2.43. The molecule has 1 aromatic carbocycles. The maximum Gasteiger partial charge on any atom is 0.338 e. The minimum atomic E-state index is -0.780. The fraction of sp³-hybridized carbons (Fsp3) is 0.200. The van der Waals surface area contributed by atoms with Gasteiger partial charge in [-0.3, -0.25) is 4.79 Å². The Hall–Kier alpha value is -3.08. The molecule has 126 valence electrons. The maximum atomic E-state index is 12.5. The molecule has 0 amide bonds. The Morgan fingerprint density at radius 2 is 2.16 bits per heavy atom. The van der Waals surface area contributed by atoms with Crippen molar-refractivity contribution in [3.63, 3.8) is 0 Å². The summed E-state index contributed by atoms with van der Waals surface area (Å²) in [5.41, 5.74) is 1.47. The van der Waals surface area contributed by atoms with E-state index in [1.807, 2.05) is 12.2 Å². The van der Waals surface area contributed by atoms with Crippen molar-refractivity contribution in [1.29, 1.82) is 0 Å². The fourth-order valence-electron chi connectivity index (χ4n) is 3.13. The van der Waals surface area contributed by atoms with Gasteiger partial charge in [-0.15, -0.1) is 0 Å². The van der Waals surface area contributed by atoms with Crippen LogP contribution in [0.4, 0.5) is 0 Å². The van der Waals surface area contributed by atoms with Crippen molar-refractivity contribution in [2.24, 2.45) is 0 Å². The summed E-state index contributed by atoms with van der Waals surface area (Å²) in [6.07, 6.45) is 5.42. The standard InChI is InChI=1S/C20H16O5/c1-2-23-20(22)18-13-8-4-6-10-16(13)25-19(18)17-11-14(21)12-7-3-5-9-15(12)24-17/h3-7,9-11,19H,2,8H2,1H3. The summed E-state index contributed by atoms with van der Waals surface area (Å²) in [5, 5.41) is 0.493. The molecule has 2 heterocycles. The molecule has 0 N–H and O–H groups in total. The Morgan fingerprint density at radius 3 is 3.00 bits per heavy atom. The number of para-hydroxylation sites is 1. The van der Waals surface area contributed by atoms with Crippen molar-refractivity contribution in [2.45, 2.75) is 19.4 Å². The van der Waals surface area contributed by atoms with E-state index < -0.39 is 12.1 Å². The Balaban J connectivity index is 1.86. The lowest BCUT2D eigenvalue weighted by atomic mass is 9.97. The number of allylic oxidation sites excluding steroid dienone is 4. The van der Waals surface area contributed by atoms with Gasteiger partial charge < -0.3 is 13.9 Å². The molecule has 0 saturated heterocycles. The molecule has 4 rings (SSSR count). The minimum absolute atomic E-state index is 0.171. The molecule has 1 unspecified atom stereocenters. The number of ether oxygens (including phenoxy) is 2. The van der Waals surface area contributed by atoms with Crippen molar-refractivity contribution in [3.05, 3.63) is 81.4 Å². The molecular formula is C20H16O5. The molecular weight excluding hydrogens is 320 g/mol. The first-order chi connectivity index (χ1) is 12.2. The van der Waals surface area contributed by atoms with Crippen molar-refractivity contribution in [1.82, 2.24) is 0 Å². The van der Waals surface area contributed by atoms with Gasteiger partial charge in [0.1, 0.15) is 11.3 Å². The second-order valence-corrected chi connectivity index (χ2v) is 5.78. The average molecular weight is 336 g/mol. The highest BCUT2D eigenvalue weighted by molar-refractivity contribution is 5.92. The van der Waals surface area contributed by atoms with Gasteiger partial charge in [0.05, 0.1) is 17.6 Å². The van der Waals surface area contributed by atoms with Crippen LogP contribution < -0.4 is 5.43 Å². The first-order valence-corrected chi connectivity index (χ1v) is 8.16. The van der Waals surface area contributed by atoms with Crippen LogP contribution in [0.25, 0.3) is 11.0 Å². The van der Waals surface area contributed by atoms with E-state index in [0.29, 0.717) is 34.5 Å². The zero-order valence-electron chi connectivity index (χ0n) is 13.7. The van der Waals surface area contributed by atoms with Crippen LogP contribution in [-0.2, 0) is 14.3 Å². The third-order valence-corrected chi connectivity index (χ3v) is 4.24. The van der Waals surface area contributed by atoms with E-state index in [-0.39, 0.29) is 12.0 Å². The predicted octanol–water partition coefficient (Wildman–Crippen LogP) is 3.57. The van der Waals surface area contributed by atoms with Crippen molar-refractivity contribution in [3.8, 4) is 0 Å². The summed E-state index contributed by atoms with van der Waals surface area (Å²) in [4.78, 5) is 24.9. The molecule has 0 spiro atoms. The summed E-state index contributed by atoms with van der Waals surface area (Å²) in [7, 11) is 0. The van der Waals surface area contributed by atoms with Crippen LogP contribution >= 0.6 is 0 Å². The van der Waals surface area contributed by atoms with E-state index in [9.17, 15) is 9.59 Å². The summed E-state index contributed by atoms with van der Waals surface area (Å²) in [5.74, 6) is 0.470. The van der Waals surface area contributed by atoms with Crippen molar-refractivity contribution in [2.75, 3.05) is 6.61 Å². The number of benzene rings is 1. The second-order valence-electron chi connectivity index (χ2n) is 5.78. The molecule has 2 aliphatic rings. The van der Waals surface area contributed by atoms with Crippen molar-refractivity contribution < 1.29 is 18.7 Å². The van der Waals surface area contributed by atoms with Crippen LogP contribution in [0.3, 0.4) is 0 Å². The van der Waals surface area contributed by atoms with E-state index >= 15 is 0 Å². The Bertz CT molecular complexity index is 1010. The van der Waals surface area contributed by atoms with E-state index in [0.717, 1.165) is 5.57 Å². The molecule has 0 fully saturated rings. The molecule has 5 nitrogen and oxygen atoms in total. The number of hydrogen-bond donors (Lipinski definition) is 0. The SMILES string of the molecule is CCOC(=O)C1=C2CC=CC=C2OC1c1cc(=O)c2ccccc2o1. The molecule has 0 saturated carbocycles. The Morgan fingerprint density at radius 1 is 1.32 bits per heavy atom. The average Bonchev–Trinajstić information content (AvgIpc) is 3.01. The number of rotatable bonds is 3. The number of carbonyl (C=O) groups excluding carboxylic acids is 1. The highest BCUT2D eigenvalue weighted by atomic mass is 16.5. The lowest BCUT2D eigenvalue weighted by Gasteiger charge is -2.14. The van der Waals surface area contributed by atoms with Crippen molar-refractivity contribution >= 4 is 16.9 Å². The lowest BCUT2D eigenvalue weighted by molar-refractivity contribution is -0.139. The molecule has 1 aliphatic heterocycles. The summed E-state index contributed by atoms with van der Waals surface area (Å²) in [6, 6.07) is 8.39. The van der Waals surface area contributed by atoms with Gasteiger partial charge in [-0.1, -0.05) is 24.3 Å². The van der Waals surface area contributed by atoms with E-state index in [1.54, 1.807) is 37.3 Å². The molecule has 5 heteroatoms. The van der Waals surface area contributed by atoms with Gasteiger partial charge in [0.25, 0.3) is 0 Å². The van der Waals surface area contributed by atoms with Gasteiger partial charge in [-0.05, 0) is 31.6 Å². The molecule has 1 atom stereocenters. The van der Waals surface area contributed by atoms with Crippen LogP contribution in [0.15, 0.2) is 74.7 Å². The van der Waals surface area contributed by atoms with Gasteiger partial charge in [-0.2, -0.15) is 0 Å². The number of carbonyl (C=O) groups is 1. The zero-order chi connectivity index (χ0) is 17.4. The Kier molecular flexibility index (Phi) is 3.76. The molecule has 1 aromatic heterocycles. The summed E-state index contributed by atoms with van der Waals surface area (Å²) < 4.78 is 17.0. The van der Waals surface area contributed by atoms with E-state index in [4.69, 9.17) is 13.9 Å². The van der Waals surface area contributed by atoms with Gasteiger partial charge in [0, 0.05) is 11.6 Å². The third-order valence-electron chi connectivity index (χ3n) is 4.24. The van der Waals surface area contributed by atoms with E-state index in [2.05, 4.69) is 0 Å². The smallest absolute Gasteiger partial charge is 0.338 e. The monoisotopic (exact) mass is 336 g/mol. The minimum Gasteiger partial charge on any atom is -0.477 e. The summed E-state index contributed by atoms with van der Waals surface area (Å²) >= 11 is 0. The molecule has 2 aromatic rings. The van der Waals surface area contributed by atoms with Crippen LogP contribution in [0, 0.1) is 0 Å². The van der Waals surface area contributed by atoms with Gasteiger partial charge >= 0.3 is 5.97 Å². The Labute approximate surface area is 143 Å². The first-order valence-electron chi connectivity index (χ1n) is 8.16. The molecule has 0 bridgehead atoms. The fourth-order valence-corrected chi connectivity index (χ4v) is 3.13. The van der Waals surface area contributed by atoms with Gasteiger partial charge in [0.2, 0.25) is 0 Å². The number of fused-ring (bicyclic) bond motifs is 2. The lowest BCUT2D eigenvalue weighted by Crippen LogP contribution is -2.15. The van der Waals surface area contributed by atoms with Crippen LogP contribution in [0.1, 0.15) is 25.2 Å². The van der Waals surface area contributed by atoms with Crippen LogP contribution in [-0.4, -0.2) is 12.6 Å². The van der Waals surface area contributed by atoms with E-state index in [1.165, 1.54) is 6.07 Å². The zero-order valence-corrected chi connectivity index (χ0v) is 13.7. The largest absolute Gasteiger partial charge is 0.477 e. The van der Waals surface area contributed by atoms with Crippen LogP contribution in [0.5, 0.6) is 0 Å². The number of esters is 1. The molecule has 25 heavy (non-hydrogen) atoms. The van der Waals surface area contributed by atoms with Crippen LogP contribution in [0.2, 0.25) is 0 Å². The topological polar surface area (TPSA) is 65.7 Å². The normalized spacial score (nSPS) is 18.8. The third kappa shape index (κ3) is 2.58. The highest BCUT2D eigenvalue weighted by Gasteiger charge is 2.39. The second kappa shape index (κ2) is 6.09. The summed E-state index contributed by atoms with van der Waals surface area (Å²) in [6.45, 7) is 2.01. The first kappa shape index (κ1) is 15.4.